The first kappa shape index (κ1) is 11.4. The van der Waals surface area contributed by atoms with E-state index in [1.54, 1.807) is 0 Å². The van der Waals surface area contributed by atoms with Crippen LogP contribution in [0.1, 0.15) is 24.0 Å². The molecule has 1 aliphatic rings. The topological polar surface area (TPSA) is 24.9 Å². The molecule has 0 radical (unpaired) electrons. The molecule has 0 atom stereocenters. The predicted octanol–water partition coefficient (Wildman–Crippen LogP) is 3.31. The first-order valence-electron chi connectivity index (χ1n) is 6.57. The maximum Gasteiger partial charge on any atom is 0.0704 e. The fourth-order valence-electron chi connectivity index (χ4n) is 2.13. The van der Waals surface area contributed by atoms with Crippen molar-refractivity contribution in [2.45, 2.75) is 32.4 Å². The maximum absolute atomic E-state index is 4.44. The van der Waals surface area contributed by atoms with Gasteiger partial charge in [0.15, 0.2) is 0 Å². The van der Waals surface area contributed by atoms with Gasteiger partial charge in [-0.2, -0.15) is 0 Å². The van der Waals surface area contributed by atoms with Crippen molar-refractivity contribution in [3.05, 3.63) is 53.7 Å². The van der Waals surface area contributed by atoms with Crippen molar-refractivity contribution in [2.75, 3.05) is 0 Å². The van der Waals surface area contributed by atoms with Gasteiger partial charge in [0.05, 0.1) is 5.69 Å². The second-order valence-corrected chi connectivity index (χ2v) is 5.02. The molecule has 1 aromatic carbocycles. The Labute approximate surface area is 108 Å². The fourth-order valence-corrected chi connectivity index (χ4v) is 2.13. The van der Waals surface area contributed by atoms with E-state index in [9.17, 15) is 0 Å². The summed E-state index contributed by atoms with van der Waals surface area (Å²) in [5.74, 6) is 0. The monoisotopic (exact) mass is 238 g/mol. The van der Waals surface area contributed by atoms with E-state index >= 15 is 0 Å². The second-order valence-electron chi connectivity index (χ2n) is 5.02. The van der Waals surface area contributed by atoms with E-state index in [1.807, 2.05) is 18.3 Å². The van der Waals surface area contributed by atoms with Gasteiger partial charge in [-0.3, -0.25) is 4.98 Å². The van der Waals surface area contributed by atoms with Crippen molar-refractivity contribution in [1.82, 2.24) is 10.3 Å². The molecule has 0 bridgehead atoms. The molecular formula is C16H18N2. The van der Waals surface area contributed by atoms with Crippen molar-refractivity contribution in [3.8, 4) is 11.3 Å². The lowest BCUT2D eigenvalue weighted by molar-refractivity contribution is 0.688. The number of benzene rings is 1. The molecule has 0 saturated heterocycles. The Bertz CT molecular complexity index is 530. The van der Waals surface area contributed by atoms with Crippen LogP contribution in [-0.4, -0.2) is 11.0 Å². The lowest BCUT2D eigenvalue weighted by Gasteiger charge is -2.09. The smallest absolute Gasteiger partial charge is 0.0704 e. The highest BCUT2D eigenvalue weighted by atomic mass is 14.9. The van der Waals surface area contributed by atoms with E-state index in [0.717, 1.165) is 18.3 Å². The van der Waals surface area contributed by atoms with Gasteiger partial charge in [0.1, 0.15) is 0 Å². The number of aromatic nitrogens is 1. The molecule has 1 fully saturated rings. The molecule has 3 rings (SSSR count). The SMILES string of the molecule is Cc1ccc(CNC2CC2)cc1-c1ccccn1. The Kier molecular flexibility index (Phi) is 3.11. The lowest BCUT2D eigenvalue weighted by Crippen LogP contribution is -2.15. The molecule has 2 heteroatoms. The summed E-state index contributed by atoms with van der Waals surface area (Å²) in [4.78, 5) is 4.44. The van der Waals surface area contributed by atoms with Crippen LogP contribution in [-0.2, 0) is 6.54 Å². The molecule has 0 unspecified atom stereocenters. The zero-order chi connectivity index (χ0) is 12.4. The molecule has 92 valence electrons. The summed E-state index contributed by atoms with van der Waals surface area (Å²) in [5.41, 5.74) is 4.92. The molecular weight excluding hydrogens is 220 g/mol. The van der Waals surface area contributed by atoms with Gasteiger partial charge in [-0.15, -0.1) is 0 Å². The summed E-state index contributed by atoms with van der Waals surface area (Å²) in [7, 11) is 0. The lowest BCUT2D eigenvalue weighted by atomic mass is 10.0. The van der Waals surface area contributed by atoms with Crippen molar-refractivity contribution in [3.63, 3.8) is 0 Å². The summed E-state index contributed by atoms with van der Waals surface area (Å²) in [6.07, 6.45) is 4.52. The average Bonchev–Trinajstić information content (AvgIpc) is 3.23. The molecule has 18 heavy (non-hydrogen) atoms. The van der Waals surface area contributed by atoms with Gasteiger partial charge in [0, 0.05) is 24.3 Å². The van der Waals surface area contributed by atoms with Crippen molar-refractivity contribution in [2.24, 2.45) is 0 Å². The zero-order valence-corrected chi connectivity index (χ0v) is 10.7. The second kappa shape index (κ2) is 4.91. The standard InChI is InChI=1S/C16H18N2/c1-12-5-6-13(11-18-14-7-8-14)10-15(12)16-4-2-3-9-17-16/h2-6,9-10,14,18H,7-8,11H2,1H3. The van der Waals surface area contributed by atoms with Crippen LogP contribution in [0.2, 0.25) is 0 Å². The highest BCUT2D eigenvalue weighted by molar-refractivity contribution is 5.64. The number of nitrogens with zero attached hydrogens (tertiary/aromatic N) is 1. The Morgan fingerprint density at radius 1 is 1.22 bits per heavy atom. The molecule has 0 amide bonds. The van der Waals surface area contributed by atoms with E-state index < -0.39 is 0 Å². The van der Waals surface area contributed by atoms with Crippen LogP contribution >= 0.6 is 0 Å². The third-order valence-corrected chi connectivity index (χ3v) is 3.42. The highest BCUT2D eigenvalue weighted by Crippen LogP contribution is 2.24. The molecule has 1 saturated carbocycles. The number of aryl methyl sites for hydroxylation is 1. The number of hydrogen-bond acceptors (Lipinski definition) is 2. The number of nitrogens with one attached hydrogen (secondary N) is 1. The number of rotatable bonds is 4. The van der Waals surface area contributed by atoms with Crippen LogP contribution in [0.4, 0.5) is 0 Å². The number of hydrogen-bond donors (Lipinski definition) is 1. The van der Waals surface area contributed by atoms with E-state index in [-0.39, 0.29) is 0 Å². The first-order chi connectivity index (χ1) is 8.83. The summed E-state index contributed by atoms with van der Waals surface area (Å²) in [6, 6.07) is 13.5. The minimum absolute atomic E-state index is 0.754. The summed E-state index contributed by atoms with van der Waals surface area (Å²) in [6.45, 7) is 3.10. The van der Waals surface area contributed by atoms with Gasteiger partial charge in [0.25, 0.3) is 0 Å². The largest absolute Gasteiger partial charge is 0.310 e. The van der Waals surface area contributed by atoms with Gasteiger partial charge in [0.2, 0.25) is 0 Å². The summed E-state index contributed by atoms with van der Waals surface area (Å²) >= 11 is 0. The van der Waals surface area contributed by atoms with Crippen molar-refractivity contribution >= 4 is 0 Å². The Morgan fingerprint density at radius 2 is 2.11 bits per heavy atom. The van der Waals surface area contributed by atoms with Gasteiger partial charge in [-0.05, 0) is 49.1 Å². The van der Waals surface area contributed by atoms with Crippen LogP contribution in [0.25, 0.3) is 11.3 Å². The van der Waals surface area contributed by atoms with Crippen LogP contribution < -0.4 is 5.32 Å². The normalized spacial score (nSPS) is 14.7. The number of pyridine rings is 1. The molecule has 1 heterocycles. The highest BCUT2D eigenvalue weighted by Gasteiger charge is 2.19. The summed E-state index contributed by atoms with van der Waals surface area (Å²) in [5, 5.41) is 3.55. The van der Waals surface area contributed by atoms with Gasteiger partial charge in [-0.25, -0.2) is 0 Å². The Morgan fingerprint density at radius 3 is 2.83 bits per heavy atom. The Hall–Kier alpha value is -1.67. The third-order valence-electron chi connectivity index (χ3n) is 3.42. The molecule has 2 nitrogen and oxygen atoms in total. The zero-order valence-electron chi connectivity index (χ0n) is 10.7. The van der Waals surface area contributed by atoms with Gasteiger partial charge < -0.3 is 5.32 Å². The average molecular weight is 238 g/mol. The first-order valence-corrected chi connectivity index (χ1v) is 6.57. The molecule has 2 aromatic rings. The minimum Gasteiger partial charge on any atom is -0.310 e. The minimum atomic E-state index is 0.754. The Balaban J connectivity index is 1.85. The van der Waals surface area contributed by atoms with Crippen molar-refractivity contribution in [1.29, 1.82) is 0 Å². The molecule has 1 N–H and O–H groups in total. The van der Waals surface area contributed by atoms with E-state index in [4.69, 9.17) is 0 Å². The van der Waals surface area contributed by atoms with E-state index in [0.29, 0.717) is 0 Å². The quantitative estimate of drug-likeness (QED) is 0.884. The fraction of sp³-hybridized carbons (Fsp3) is 0.312. The van der Waals surface area contributed by atoms with Gasteiger partial charge >= 0.3 is 0 Å². The van der Waals surface area contributed by atoms with E-state index in [2.05, 4.69) is 41.5 Å². The van der Waals surface area contributed by atoms with Gasteiger partial charge in [-0.1, -0.05) is 18.2 Å². The van der Waals surface area contributed by atoms with Crippen LogP contribution in [0.15, 0.2) is 42.6 Å². The molecule has 1 aromatic heterocycles. The van der Waals surface area contributed by atoms with Crippen LogP contribution in [0, 0.1) is 6.92 Å². The summed E-state index contributed by atoms with van der Waals surface area (Å²) < 4.78 is 0. The van der Waals surface area contributed by atoms with E-state index in [1.165, 1.54) is 29.5 Å². The third kappa shape index (κ3) is 2.59. The maximum atomic E-state index is 4.44. The predicted molar refractivity (Wildman–Crippen MR) is 74.3 cm³/mol. The van der Waals surface area contributed by atoms with Crippen LogP contribution in [0.5, 0.6) is 0 Å². The van der Waals surface area contributed by atoms with Crippen LogP contribution in [0.3, 0.4) is 0 Å². The molecule has 1 aliphatic carbocycles. The van der Waals surface area contributed by atoms with Crippen molar-refractivity contribution < 1.29 is 0 Å². The molecule has 0 spiro atoms. The molecule has 0 aliphatic heterocycles.